The molecule has 1 N–H and O–H groups in total. The highest BCUT2D eigenvalue weighted by molar-refractivity contribution is 6.15. The van der Waals surface area contributed by atoms with Crippen molar-refractivity contribution >= 4 is 7.85 Å². The smallest absolute Gasteiger partial charge is 0.0777 e. The van der Waals surface area contributed by atoms with E-state index in [0.29, 0.717) is 0 Å². The van der Waals surface area contributed by atoms with Gasteiger partial charge in [0, 0.05) is 0 Å². The van der Waals surface area contributed by atoms with Crippen LogP contribution in [0.15, 0.2) is 0 Å². The second-order valence-electron chi connectivity index (χ2n) is 4.60. The molecule has 0 fully saturated rings. The maximum absolute atomic E-state index is 9.98. The van der Waals surface area contributed by atoms with E-state index in [4.69, 9.17) is 7.85 Å². The molecule has 0 bridgehead atoms. The number of hydrogen-bond acceptors (Lipinski definition) is 1. The van der Waals surface area contributed by atoms with Gasteiger partial charge in [0.05, 0.1) is 14.0 Å². The summed E-state index contributed by atoms with van der Waals surface area (Å²) in [5.74, 6) is 0. The molecular weight excluding hydrogens is 147 g/mol. The van der Waals surface area contributed by atoms with E-state index in [9.17, 15) is 5.11 Å². The third kappa shape index (κ3) is 2.51. The molecule has 0 aromatic rings. The van der Waals surface area contributed by atoms with Crippen LogP contribution < -0.4 is 0 Å². The largest absolute Gasteiger partial charge is 0.393 e. The number of rotatable bonds is 4. The van der Waals surface area contributed by atoms with Gasteiger partial charge >= 0.3 is 0 Å². The predicted molar refractivity (Wildman–Crippen MR) is 54.5 cm³/mol. The Kier molecular flexibility index (Phi) is 3.83. The van der Waals surface area contributed by atoms with Gasteiger partial charge in [0.2, 0.25) is 0 Å². The quantitative estimate of drug-likeness (QED) is 0.639. The molecule has 2 unspecified atom stereocenters. The molecule has 2 atom stereocenters. The van der Waals surface area contributed by atoms with E-state index in [-0.39, 0.29) is 5.41 Å². The van der Waals surface area contributed by atoms with Gasteiger partial charge in [-0.05, 0) is 17.2 Å². The van der Waals surface area contributed by atoms with Crippen molar-refractivity contribution in [3.8, 4) is 0 Å². The highest BCUT2D eigenvalue weighted by Crippen LogP contribution is 2.41. The first-order valence-electron chi connectivity index (χ1n) is 4.75. The summed E-state index contributed by atoms with van der Waals surface area (Å²) in [6, 6.07) is 0. The Balaban J connectivity index is 4.47. The van der Waals surface area contributed by atoms with Crippen molar-refractivity contribution in [2.75, 3.05) is 0 Å². The van der Waals surface area contributed by atoms with Gasteiger partial charge in [-0.2, -0.15) is 0 Å². The van der Waals surface area contributed by atoms with Crippen molar-refractivity contribution in [3.05, 3.63) is 0 Å². The SMILES string of the molecule is [B]C(C)(CC)C(O)C(C)(C)CC. The summed E-state index contributed by atoms with van der Waals surface area (Å²) < 4.78 is 0. The fourth-order valence-electron chi connectivity index (χ4n) is 1.28. The van der Waals surface area contributed by atoms with Crippen LogP contribution in [0.3, 0.4) is 0 Å². The van der Waals surface area contributed by atoms with E-state index in [0.717, 1.165) is 12.8 Å². The molecule has 0 amide bonds. The van der Waals surface area contributed by atoms with Gasteiger partial charge < -0.3 is 5.11 Å². The lowest BCUT2D eigenvalue weighted by Gasteiger charge is -2.40. The second-order valence-corrected chi connectivity index (χ2v) is 4.60. The van der Waals surface area contributed by atoms with Gasteiger partial charge in [0.15, 0.2) is 0 Å². The Labute approximate surface area is 78.0 Å². The molecule has 0 aliphatic rings. The molecule has 0 heterocycles. The number of aliphatic hydroxyl groups is 1. The van der Waals surface area contributed by atoms with Gasteiger partial charge in [-0.25, -0.2) is 0 Å². The maximum Gasteiger partial charge on any atom is 0.0777 e. The van der Waals surface area contributed by atoms with Crippen LogP contribution in [0.1, 0.15) is 47.5 Å². The summed E-state index contributed by atoms with van der Waals surface area (Å²) in [5.41, 5.74) is -0.0838. The molecule has 12 heavy (non-hydrogen) atoms. The van der Waals surface area contributed by atoms with Crippen molar-refractivity contribution in [1.29, 1.82) is 0 Å². The van der Waals surface area contributed by atoms with Gasteiger partial charge in [0.25, 0.3) is 0 Å². The summed E-state index contributed by atoms with van der Waals surface area (Å²) in [5, 5.41) is 9.52. The minimum atomic E-state index is -0.459. The molecule has 0 aromatic heterocycles. The Morgan fingerprint density at radius 1 is 1.17 bits per heavy atom. The van der Waals surface area contributed by atoms with E-state index in [1.165, 1.54) is 0 Å². The van der Waals surface area contributed by atoms with Crippen LogP contribution >= 0.6 is 0 Å². The molecule has 2 radical (unpaired) electrons. The van der Waals surface area contributed by atoms with Crippen molar-refractivity contribution in [2.45, 2.75) is 58.9 Å². The summed E-state index contributed by atoms with van der Waals surface area (Å²) in [6.07, 6.45) is 1.32. The lowest BCUT2D eigenvalue weighted by Crippen LogP contribution is -2.38. The van der Waals surface area contributed by atoms with Crippen molar-refractivity contribution < 1.29 is 5.11 Å². The average Bonchev–Trinajstić information content (AvgIpc) is 2.03. The topological polar surface area (TPSA) is 20.2 Å². The summed E-state index contributed by atoms with van der Waals surface area (Å²) in [6.45, 7) is 10.1. The Hall–Kier alpha value is 0.0249. The summed E-state index contributed by atoms with van der Waals surface area (Å²) in [7, 11) is 5.97. The molecule has 0 rings (SSSR count). The molecule has 0 aliphatic carbocycles. The minimum Gasteiger partial charge on any atom is -0.393 e. The van der Waals surface area contributed by atoms with E-state index < -0.39 is 11.4 Å². The Bertz CT molecular complexity index is 125. The van der Waals surface area contributed by atoms with Crippen LogP contribution in [0.4, 0.5) is 0 Å². The Morgan fingerprint density at radius 3 is 1.83 bits per heavy atom. The van der Waals surface area contributed by atoms with E-state index >= 15 is 0 Å². The first kappa shape index (κ1) is 12.0. The molecule has 70 valence electrons. The fourth-order valence-corrected chi connectivity index (χ4v) is 1.28. The molecule has 1 nitrogen and oxygen atoms in total. The average molecular weight is 168 g/mol. The zero-order chi connectivity index (χ0) is 9.99. The van der Waals surface area contributed by atoms with Crippen LogP contribution in [0.2, 0.25) is 5.31 Å². The van der Waals surface area contributed by atoms with Crippen molar-refractivity contribution in [3.63, 3.8) is 0 Å². The molecular formula is C10H21BO. The predicted octanol–water partition coefficient (Wildman–Crippen LogP) is 2.54. The molecule has 0 spiro atoms. The number of hydrogen-bond donors (Lipinski definition) is 1. The third-order valence-electron chi connectivity index (χ3n) is 3.04. The monoisotopic (exact) mass is 168 g/mol. The second kappa shape index (κ2) is 3.82. The molecule has 0 aromatic carbocycles. The van der Waals surface area contributed by atoms with E-state index in [1.807, 2.05) is 13.8 Å². The third-order valence-corrected chi connectivity index (χ3v) is 3.04. The lowest BCUT2D eigenvalue weighted by atomic mass is 9.58. The van der Waals surface area contributed by atoms with Gasteiger partial charge in [-0.1, -0.05) is 41.0 Å². The summed E-state index contributed by atoms with van der Waals surface area (Å²) >= 11 is 0. The standard InChI is InChI=1S/C10H21BO/c1-6-9(3,4)8(12)10(5,11)7-2/h8,12H,6-7H2,1-5H3. The van der Waals surface area contributed by atoms with E-state index in [1.54, 1.807) is 0 Å². The van der Waals surface area contributed by atoms with Crippen LogP contribution in [0, 0.1) is 5.41 Å². The lowest BCUT2D eigenvalue weighted by molar-refractivity contribution is 0.0118. The molecule has 2 heteroatoms. The molecule has 0 saturated heterocycles. The van der Waals surface area contributed by atoms with Gasteiger partial charge in [-0.15, -0.1) is 0 Å². The van der Waals surface area contributed by atoms with Gasteiger partial charge in [-0.3, -0.25) is 0 Å². The van der Waals surface area contributed by atoms with Crippen molar-refractivity contribution in [2.24, 2.45) is 5.41 Å². The van der Waals surface area contributed by atoms with Crippen LogP contribution in [0.5, 0.6) is 0 Å². The Morgan fingerprint density at radius 2 is 1.58 bits per heavy atom. The summed E-state index contributed by atoms with van der Waals surface area (Å²) in [4.78, 5) is 0. The van der Waals surface area contributed by atoms with Gasteiger partial charge in [0.1, 0.15) is 0 Å². The highest BCUT2D eigenvalue weighted by Gasteiger charge is 2.36. The zero-order valence-corrected chi connectivity index (χ0v) is 9.02. The first-order chi connectivity index (χ1) is 5.28. The number of aliphatic hydroxyl groups excluding tert-OH is 1. The molecule has 0 saturated carbocycles. The fraction of sp³-hybridized carbons (Fsp3) is 1.00. The molecule has 0 aliphatic heterocycles. The normalized spacial score (nSPS) is 20.2. The minimum absolute atomic E-state index is 0.0838. The van der Waals surface area contributed by atoms with Crippen molar-refractivity contribution in [1.82, 2.24) is 0 Å². The van der Waals surface area contributed by atoms with Crippen LogP contribution in [-0.2, 0) is 0 Å². The first-order valence-corrected chi connectivity index (χ1v) is 4.75. The van der Waals surface area contributed by atoms with Crippen LogP contribution in [-0.4, -0.2) is 19.1 Å². The zero-order valence-electron chi connectivity index (χ0n) is 9.02. The van der Waals surface area contributed by atoms with E-state index in [2.05, 4.69) is 20.8 Å². The maximum atomic E-state index is 9.98. The highest BCUT2D eigenvalue weighted by atomic mass is 16.3. The van der Waals surface area contributed by atoms with Crippen LogP contribution in [0.25, 0.3) is 0 Å².